The summed E-state index contributed by atoms with van der Waals surface area (Å²) in [4.78, 5) is 0. The summed E-state index contributed by atoms with van der Waals surface area (Å²) >= 11 is 0. The summed E-state index contributed by atoms with van der Waals surface area (Å²) in [6.45, 7) is 4.75. The van der Waals surface area contributed by atoms with Crippen LogP contribution in [0.1, 0.15) is 58.8 Å². The van der Waals surface area contributed by atoms with Crippen LogP contribution in [-0.2, 0) is 0 Å². The minimum Gasteiger partial charge on any atom is -0.393 e. The molecular formula is C20H33NO3. The lowest BCUT2D eigenvalue weighted by Gasteiger charge is -2.60. The smallest absolute Gasteiger partial charge is 0.0826 e. The number of hydrogen-bond donors (Lipinski definition) is 4. The van der Waals surface area contributed by atoms with Gasteiger partial charge in [-0.1, -0.05) is 25.5 Å². The molecule has 4 aliphatic carbocycles. The second-order valence-corrected chi connectivity index (χ2v) is 9.54. The van der Waals surface area contributed by atoms with Crippen LogP contribution in [0.15, 0.2) is 11.6 Å². The Kier molecular flexibility index (Phi) is 3.75. The standard InChI is InChI=1S/C20H33NO3/c1-18-7-5-13(22)9-12(18)3-4-14-15-6-8-20(24,11-21)19(15,2)10-16(23)17(14)18/h3,13-17,22-24H,4-11,21H2,1-2H3/t13-,14-,15-,16+,17+,18-,19-,20?/m0/s1. The number of aliphatic hydroxyl groups excluding tert-OH is 2. The third-order valence-electron chi connectivity index (χ3n) is 8.67. The predicted molar refractivity (Wildman–Crippen MR) is 93.1 cm³/mol. The normalized spacial score (nSPS) is 56.9. The zero-order valence-corrected chi connectivity index (χ0v) is 15.0. The van der Waals surface area contributed by atoms with Gasteiger partial charge in [-0.15, -0.1) is 0 Å². The molecule has 8 atom stereocenters. The molecule has 0 aromatic carbocycles. The maximum absolute atomic E-state index is 11.2. The van der Waals surface area contributed by atoms with Gasteiger partial charge in [-0.25, -0.2) is 0 Å². The molecule has 1 unspecified atom stereocenters. The average molecular weight is 335 g/mol. The van der Waals surface area contributed by atoms with Gasteiger partial charge in [-0.3, -0.25) is 0 Å². The lowest BCUT2D eigenvalue weighted by molar-refractivity contribution is -0.165. The highest BCUT2D eigenvalue weighted by Crippen LogP contribution is 2.66. The van der Waals surface area contributed by atoms with Crippen molar-refractivity contribution in [3.8, 4) is 0 Å². The van der Waals surface area contributed by atoms with Crippen LogP contribution in [0.4, 0.5) is 0 Å². The maximum Gasteiger partial charge on any atom is 0.0826 e. The second kappa shape index (κ2) is 5.29. The molecule has 0 aromatic heterocycles. The predicted octanol–water partition coefficient (Wildman–Crippen LogP) is 1.97. The summed E-state index contributed by atoms with van der Waals surface area (Å²) < 4.78 is 0. The fourth-order valence-electron chi connectivity index (χ4n) is 7.20. The zero-order chi connectivity index (χ0) is 17.3. The van der Waals surface area contributed by atoms with Crippen molar-refractivity contribution >= 4 is 0 Å². The number of fused-ring (bicyclic) bond motifs is 5. The molecule has 3 fully saturated rings. The molecule has 5 N–H and O–H groups in total. The van der Waals surface area contributed by atoms with Crippen LogP contribution >= 0.6 is 0 Å². The molecule has 4 nitrogen and oxygen atoms in total. The Morgan fingerprint density at radius 3 is 2.67 bits per heavy atom. The monoisotopic (exact) mass is 335 g/mol. The Morgan fingerprint density at radius 2 is 1.96 bits per heavy atom. The van der Waals surface area contributed by atoms with E-state index in [9.17, 15) is 15.3 Å². The minimum absolute atomic E-state index is 0.00626. The molecule has 0 amide bonds. The summed E-state index contributed by atoms with van der Waals surface area (Å²) in [5.74, 6) is 1.10. The van der Waals surface area contributed by atoms with E-state index in [1.165, 1.54) is 5.57 Å². The first-order chi connectivity index (χ1) is 11.2. The fraction of sp³-hybridized carbons (Fsp3) is 0.900. The molecule has 0 aromatic rings. The van der Waals surface area contributed by atoms with Crippen LogP contribution in [0.5, 0.6) is 0 Å². The third-order valence-corrected chi connectivity index (χ3v) is 8.67. The number of hydrogen-bond acceptors (Lipinski definition) is 4. The first-order valence-corrected chi connectivity index (χ1v) is 9.73. The van der Waals surface area contributed by atoms with Gasteiger partial charge in [-0.2, -0.15) is 0 Å². The van der Waals surface area contributed by atoms with Crippen LogP contribution < -0.4 is 5.73 Å². The van der Waals surface area contributed by atoms with Crippen LogP contribution in [0, 0.1) is 28.6 Å². The summed E-state index contributed by atoms with van der Waals surface area (Å²) in [5, 5.41) is 32.3. The highest BCUT2D eigenvalue weighted by Gasteiger charge is 2.65. The second-order valence-electron chi connectivity index (χ2n) is 9.54. The Balaban J connectivity index is 1.73. The van der Waals surface area contributed by atoms with Gasteiger partial charge >= 0.3 is 0 Å². The third kappa shape index (κ3) is 2.00. The van der Waals surface area contributed by atoms with E-state index in [0.29, 0.717) is 18.3 Å². The van der Waals surface area contributed by atoms with E-state index in [2.05, 4.69) is 19.9 Å². The molecular weight excluding hydrogens is 302 g/mol. The van der Waals surface area contributed by atoms with Crippen LogP contribution in [0.25, 0.3) is 0 Å². The Hall–Kier alpha value is -0.420. The van der Waals surface area contributed by atoms with Crippen molar-refractivity contribution < 1.29 is 15.3 Å². The van der Waals surface area contributed by atoms with E-state index in [0.717, 1.165) is 38.5 Å². The number of rotatable bonds is 1. The fourth-order valence-corrected chi connectivity index (χ4v) is 7.20. The van der Waals surface area contributed by atoms with Crippen molar-refractivity contribution in [2.75, 3.05) is 6.54 Å². The SMILES string of the molecule is C[C@]12CC[C@H](O)CC1=CC[C@@H]1[C@@H]2[C@H](O)C[C@@]2(C)[C@H]1CCC2(O)CN. The summed E-state index contributed by atoms with van der Waals surface area (Å²) in [6.07, 6.45) is 7.69. The van der Waals surface area contributed by atoms with E-state index in [1.807, 2.05) is 0 Å². The molecule has 4 heteroatoms. The Morgan fingerprint density at radius 1 is 1.21 bits per heavy atom. The Bertz CT molecular complexity index is 563. The van der Waals surface area contributed by atoms with Crippen molar-refractivity contribution in [1.29, 1.82) is 0 Å². The molecule has 4 rings (SSSR count). The van der Waals surface area contributed by atoms with Gasteiger partial charge in [0.2, 0.25) is 0 Å². The van der Waals surface area contributed by atoms with Crippen molar-refractivity contribution in [2.45, 2.75) is 76.6 Å². The molecule has 0 aliphatic heterocycles. The van der Waals surface area contributed by atoms with Crippen molar-refractivity contribution in [1.82, 2.24) is 0 Å². The molecule has 0 heterocycles. The average Bonchev–Trinajstić information content (AvgIpc) is 2.79. The highest BCUT2D eigenvalue weighted by atomic mass is 16.3. The molecule has 24 heavy (non-hydrogen) atoms. The van der Waals surface area contributed by atoms with Gasteiger partial charge in [0.25, 0.3) is 0 Å². The summed E-state index contributed by atoms with van der Waals surface area (Å²) in [6, 6.07) is 0. The lowest BCUT2D eigenvalue weighted by atomic mass is 9.46. The quantitative estimate of drug-likeness (QED) is 0.552. The van der Waals surface area contributed by atoms with Crippen molar-refractivity contribution in [3.63, 3.8) is 0 Å². The van der Waals surface area contributed by atoms with E-state index < -0.39 is 11.7 Å². The Labute approximate surface area is 145 Å². The molecule has 0 spiro atoms. The first-order valence-electron chi connectivity index (χ1n) is 9.73. The van der Waals surface area contributed by atoms with Gasteiger partial charge in [0, 0.05) is 12.0 Å². The van der Waals surface area contributed by atoms with E-state index in [4.69, 9.17) is 5.73 Å². The van der Waals surface area contributed by atoms with Crippen molar-refractivity contribution in [2.24, 2.45) is 34.3 Å². The lowest BCUT2D eigenvalue weighted by Crippen LogP contribution is -2.61. The van der Waals surface area contributed by atoms with Gasteiger partial charge in [0.05, 0.1) is 17.8 Å². The van der Waals surface area contributed by atoms with Gasteiger partial charge < -0.3 is 21.1 Å². The molecule has 3 saturated carbocycles. The molecule has 0 bridgehead atoms. The van der Waals surface area contributed by atoms with E-state index >= 15 is 0 Å². The van der Waals surface area contributed by atoms with E-state index in [-0.39, 0.29) is 29.4 Å². The summed E-state index contributed by atoms with van der Waals surface area (Å²) in [5.41, 5.74) is 6.20. The molecule has 0 radical (unpaired) electrons. The summed E-state index contributed by atoms with van der Waals surface area (Å²) in [7, 11) is 0. The van der Waals surface area contributed by atoms with Gasteiger partial charge in [-0.05, 0) is 68.1 Å². The minimum atomic E-state index is -0.836. The van der Waals surface area contributed by atoms with Gasteiger partial charge in [0.15, 0.2) is 0 Å². The highest BCUT2D eigenvalue weighted by molar-refractivity contribution is 5.27. The van der Waals surface area contributed by atoms with Gasteiger partial charge in [0.1, 0.15) is 0 Å². The topological polar surface area (TPSA) is 86.7 Å². The van der Waals surface area contributed by atoms with Crippen LogP contribution in [0.3, 0.4) is 0 Å². The number of aliphatic hydroxyl groups is 3. The number of allylic oxidation sites excluding steroid dienone is 1. The zero-order valence-electron chi connectivity index (χ0n) is 15.0. The van der Waals surface area contributed by atoms with Crippen molar-refractivity contribution in [3.05, 3.63) is 11.6 Å². The molecule has 136 valence electrons. The largest absolute Gasteiger partial charge is 0.393 e. The molecule has 4 aliphatic rings. The maximum atomic E-state index is 11.2. The number of nitrogens with two attached hydrogens (primary N) is 1. The van der Waals surface area contributed by atoms with Crippen LogP contribution in [0.2, 0.25) is 0 Å². The first kappa shape index (κ1) is 17.0. The van der Waals surface area contributed by atoms with E-state index in [1.54, 1.807) is 0 Å². The van der Waals surface area contributed by atoms with Crippen LogP contribution in [-0.4, -0.2) is 39.7 Å². The molecule has 0 saturated heterocycles.